The molecular weight excluding hydrogens is 238 g/mol. The Labute approximate surface area is 102 Å². The fourth-order valence-electron chi connectivity index (χ4n) is 2.15. The van der Waals surface area contributed by atoms with Gasteiger partial charge in [-0.2, -0.15) is 0 Å². The first kappa shape index (κ1) is 12.6. The van der Waals surface area contributed by atoms with Crippen LogP contribution in [0.5, 0.6) is 0 Å². The molecular formula is C11H19N3O2S. The zero-order valence-electron chi connectivity index (χ0n) is 10.1. The van der Waals surface area contributed by atoms with Gasteiger partial charge in [0.1, 0.15) is 0 Å². The highest BCUT2D eigenvalue weighted by atomic mass is 32.2. The van der Waals surface area contributed by atoms with Crippen LogP contribution >= 0.6 is 0 Å². The predicted octanol–water partition coefficient (Wildman–Crippen LogP) is 0.395. The lowest BCUT2D eigenvalue weighted by molar-refractivity contribution is 0.583. The van der Waals surface area contributed by atoms with Gasteiger partial charge < -0.3 is 9.88 Å². The van der Waals surface area contributed by atoms with Crippen LogP contribution in [-0.4, -0.2) is 42.6 Å². The van der Waals surface area contributed by atoms with Crippen molar-refractivity contribution in [2.24, 2.45) is 0 Å². The maximum absolute atomic E-state index is 11.5. The molecule has 17 heavy (non-hydrogen) atoms. The molecule has 96 valence electrons. The van der Waals surface area contributed by atoms with Crippen LogP contribution in [0.15, 0.2) is 12.5 Å². The summed E-state index contributed by atoms with van der Waals surface area (Å²) in [6.07, 6.45) is 4.70. The van der Waals surface area contributed by atoms with E-state index in [9.17, 15) is 8.42 Å². The Balaban J connectivity index is 2.04. The molecule has 0 aliphatic carbocycles. The highest BCUT2D eigenvalue weighted by Gasteiger charge is 2.20. The molecule has 1 unspecified atom stereocenters. The summed E-state index contributed by atoms with van der Waals surface area (Å²) in [5.74, 6) is 0.886. The van der Waals surface area contributed by atoms with Crippen molar-refractivity contribution < 1.29 is 8.42 Å². The largest absolute Gasteiger partial charge is 0.333 e. The second kappa shape index (κ2) is 5.18. The van der Waals surface area contributed by atoms with Crippen LogP contribution in [0, 0.1) is 0 Å². The summed E-state index contributed by atoms with van der Waals surface area (Å²) >= 11 is 0. The van der Waals surface area contributed by atoms with E-state index in [2.05, 4.69) is 10.3 Å². The molecule has 1 saturated heterocycles. The van der Waals surface area contributed by atoms with Gasteiger partial charge in [-0.25, -0.2) is 13.4 Å². The first-order valence-corrected chi connectivity index (χ1v) is 7.85. The molecule has 1 fully saturated rings. The Morgan fingerprint density at radius 2 is 2.41 bits per heavy atom. The molecule has 0 bridgehead atoms. The van der Waals surface area contributed by atoms with Crippen molar-refractivity contribution in [2.75, 3.05) is 24.6 Å². The molecule has 5 nitrogen and oxygen atoms in total. The number of imidazole rings is 1. The smallest absolute Gasteiger partial charge is 0.151 e. The summed E-state index contributed by atoms with van der Waals surface area (Å²) in [5.41, 5.74) is 1.15. The normalized spacial score (nSPS) is 20.9. The number of nitrogens with one attached hydrogen (secondary N) is 1. The number of rotatable bonds is 5. The van der Waals surface area contributed by atoms with Gasteiger partial charge >= 0.3 is 0 Å². The van der Waals surface area contributed by atoms with Crippen LogP contribution in [-0.2, 0) is 16.4 Å². The van der Waals surface area contributed by atoms with Gasteiger partial charge in [0.05, 0.1) is 12.1 Å². The summed E-state index contributed by atoms with van der Waals surface area (Å²) in [5, 5.41) is 3.31. The molecule has 0 saturated carbocycles. The number of hydrogen-bond donors (Lipinski definition) is 1. The van der Waals surface area contributed by atoms with Gasteiger partial charge in [-0.05, 0) is 13.0 Å². The monoisotopic (exact) mass is 257 g/mol. The third kappa shape index (κ3) is 3.07. The lowest BCUT2D eigenvalue weighted by Gasteiger charge is -2.12. The Kier molecular flexibility index (Phi) is 3.83. The number of aromatic nitrogens is 2. The molecule has 0 spiro atoms. The van der Waals surface area contributed by atoms with Gasteiger partial charge in [0.25, 0.3) is 0 Å². The number of hydrogen-bond acceptors (Lipinski definition) is 4. The fraction of sp³-hybridized carbons (Fsp3) is 0.727. The van der Waals surface area contributed by atoms with E-state index < -0.39 is 9.84 Å². The van der Waals surface area contributed by atoms with Crippen LogP contribution in [0.1, 0.15) is 25.0 Å². The third-order valence-corrected chi connectivity index (χ3v) is 4.99. The van der Waals surface area contributed by atoms with Gasteiger partial charge in [0, 0.05) is 36.7 Å². The highest BCUT2D eigenvalue weighted by molar-refractivity contribution is 7.91. The van der Waals surface area contributed by atoms with Crippen LogP contribution in [0.25, 0.3) is 0 Å². The van der Waals surface area contributed by atoms with Crippen molar-refractivity contribution in [1.29, 1.82) is 0 Å². The third-order valence-electron chi connectivity index (χ3n) is 3.31. The predicted molar refractivity (Wildman–Crippen MR) is 66.8 cm³/mol. The lowest BCUT2D eigenvalue weighted by Crippen LogP contribution is -2.17. The number of aryl methyl sites for hydroxylation is 1. The van der Waals surface area contributed by atoms with E-state index in [1.165, 1.54) is 0 Å². The number of nitrogens with zero attached hydrogens (tertiary/aromatic N) is 2. The molecule has 1 aromatic heterocycles. The summed E-state index contributed by atoms with van der Waals surface area (Å²) in [4.78, 5) is 4.13. The lowest BCUT2D eigenvalue weighted by atomic mass is 10.1. The van der Waals surface area contributed by atoms with Gasteiger partial charge in [-0.15, -0.1) is 0 Å². The second-order valence-electron chi connectivity index (χ2n) is 4.44. The first-order chi connectivity index (χ1) is 8.12. The SMILES string of the molecule is CCS(=O)(=O)CCn1cncc1C1CCNC1. The maximum Gasteiger partial charge on any atom is 0.151 e. The molecule has 1 aliphatic rings. The molecule has 0 amide bonds. The molecule has 0 aromatic carbocycles. The van der Waals surface area contributed by atoms with E-state index in [0.717, 1.165) is 25.2 Å². The molecule has 1 aromatic rings. The zero-order chi connectivity index (χ0) is 12.3. The Bertz CT molecular complexity index is 461. The zero-order valence-corrected chi connectivity index (χ0v) is 10.9. The van der Waals surface area contributed by atoms with Crippen molar-refractivity contribution in [2.45, 2.75) is 25.8 Å². The molecule has 1 atom stereocenters. The van der Waals surface area contributed by atoms with E-state index in [4.69, 9.17) is 0 Å². The minimum atomic E-state index is -2.90. The van der Waals surface area contributed by atoms with Crippen molar-refractivity contribution in [3.63, 3.8) is 0 Å². The van der Waals surface area contributed by atoms with E-state index in [1.54, 1.807) is 13.3 Å². The molecule has 0 radical (unpaired) electrons. The average molecular weight is 257 g/mol. The van der Waals surface area contributed by atoms with Crippen LogP contribution in [0.3, 0.4) is 0 Å². The maximum atomic E-state index is 11.5. The Morgan fingerprint density at radius 3 is 3.06 bits per heavy atom. The summed E-state index contributed by atoms with van der Waals surface area (Å²) in [6.45, 7) is 4.20. The minimum Gasteiger partial charge on any atom is -0.333 e. The topological polar surface area (TPSA) is 64.0 Å². The molecule has 2 heterocycles. The number of sulfone groups is 1. The average Bonchev–Trinajstić information content (AvgIpc) is 2.96. The quantitative estimate of drug-likeness (QED) is 0.829. The molecule has 1 aliphatic heterocycles. The van der Waals surface area contributed by atoms with Crippen LogP contribution in [0.4, 0.5) is 0 Å². The van der Waals surface area contributed by atoms with Gasteiger partial charge in [0.15, 0.2) is 9.84 Å². The van der Waals surface area contributed by atoms with Gasteiger partial charge in [0.2, 0.25) is 0 Å². The van der Waals surface area contributed by atoms with Crippen molar-refractivity contribution in [3.8, 4) is 0 Å². The molecule has 6 heteroatoms. The summed E-state index contributed by atoms with van der Waals surface area (Å²) in [7, 11) is -2.90. The van der Waals surface area contributed by atoms with Gasteiger partial charge in [-0.1, -0.05) is 6.92 Å². The first-order valence-electron chi connectivity index (χ1n) is 6.03. The van der Waals surface area contributed by atoms with Crippen molar-refractivity contribution >= 4 is 9.84 Å². The van der Waals surface area contributed by atoms with Crippen molar-refractivity contribution in [1.82, 2.24) is 14.9 Å². The van der Waals surface area contributed by atoms with Crippen molar-refractivity contribution in [3.05, 3.63) is 18.2 Å². The molecule has 2 rings (SSSR count). The Morgan fingerprint density at radius 1 is 1.59 bits per heavy atom. The van der Waals surface area contributed by atoms with E-state index >= 15 is 0 Å². The minimum absolute atomic E-state index is 0.201. The van der Waals surface area contributed by atoms with E-state index in [1.807, 2.05) is 10.8 Å². The summed E-state index contributed by atoms with van der Waals surface area (Å²) < 4.78 is 24.9. The Hall–Kier alpha value is -0.880. The van der Waals surface area contributed by atoms with E-state index in [-0.39, 0.29) is 11.5 Å². The second-order valence-corrected chi connectivity index (χ2v) is 6.91. The highest BCUT2D eigenvalue weighted by Crippen LogP contribution is 2.21. The standard InChI is InChI=1S/C11H19N3O2S/c1-2-17(15,16)6-5-14-9-13-8-11(14)10-3-4-12-7-10/h8-10,12H,2-7H2,1H3. The van der Waals surface area contributed by atoms with E-state index in [0.29, 0.717) is 12.5 Å². The summed E-state index contributed by atoms with van der Waals surface area (Å²) in [6, 6.07) is 0. The fourth-order valence-corrected chi connectivity index (χ4v) is 2.91. The molecule has 1 N–H and O–H groups in total. The van der Waals surface area contributed by atoms with Crippen LogP contribution in [0.2, 0.25) is 0 Å². The van der Waals surface area contributed by atoms with Gasteiger partial charge in [-0.3, -0.25) is 0 Å². The van der Waals surface area contributed by atoms with Crippen LogP contribution < -0.4 is 5.32 Å².